The molecule has 23 heavy (non-hydrogen) atoms. The minimum absolute atomic E-state index is 0.0726. The van der Waals surface area contributed by atoms with E-state index in [-0.39, 0.29) is 19.8 Å². The number of benzene rings is 1. The Labute approximate surface area is 129 Å². The first-order valence-electron chi connectivity index (χ1n) is 6.94. The van der Waals surface area contributed by atoms with E-state index >= 15 is 0 Å². The first-order valence-corrected chi connectivity index (χ1v) is 6.94. The molecule has 1 saturated heterocycles. The molecule has 2 aliphatic rings. The van der Waals surface area contributed by atoms with Gasteiger partial charge < -0.3 is 19.7 Å². The van der Waals surface area contributed by atoms with Crippen molar-refractivity contribution in [3.63, 3.8) is 0 Å². The van der Waals surface area contributed by atoms with Crippen molar-refractivity contribution in [3.05, 3.63) is 18.2 Å². The predicted molar refractivity (Wildman–Crippen MR) is 72.0 cm³/mol. The monoisotopic (exact) mass is 330 g/mol. The van der Waals surface area contributed by atoms with Crippen LogP contribution in [-0.4, -0.2) is 42.3 Å². The highest BCUT2D eigenvalue weighted by atomic mass is 19.4. The lowest BCUT2D eigenvalue weighted by Crippen LogP contribution is -2.48. The molecule has 2 aliphatic heterocycles. The van der Waals surface area contributed by atoms with E-state index in [2.05, 4.69) is 5.32 Å². The molecule has 6 nitrogen and oxygen atoms in total. The molecular weight excluding hydrogens is 317 g/mol. The summed E-state index contributed by atoms with van der Waals surface area (Å²) < 4.78 is 48.0. The molecule has 0 bridgehead atoms. The summed E-state index contributed by atoms with van der Waals surface area (Å²) in [5, 5.41) is 2.51. The van der Waals surface area contributed by atoms with Crippen LogP contribution >= 0.6 is 0 Å². The number of hydrogen-bond donors (Lipinski definition) is 1. The highest BCUT2D eigenvalue weighted by Gasteiger charge is 2.47. The van der Waals surface area contributed by atoms with Crippen molar-refractivity contribution in [2.24, 2.45) is 0 Å². The number of rotatable bonds is 2. The number of hydrogen-bond acceptors (Lipinski definition) is 4. The Kier molecular flexibility index (Phi) is 3.78. The van der Waals surface area contributed by atoms with E-state index < -0.39 is 24.0 Å². The highest BCUT2D eigenvalue weighted by molar-refractivity contribution is 5.98. The molecule has 0 aromatic heterocycles. The van der Waals surface area contributed by atoms with Gasteiger partial charge in [-0.15, -0.1) is 0 Å². The molecule has 1 unspecified atom stereocenters. The summed E-state index contributed by atoms with van der Waals surface area (Å²) in [5.41, 5.74) is 0.366. The van der Waals surface area contributed by atoms with Crippen molar-refractivity contribution in [3.8, 4) is 11.5 Å². The maximum atomic E-state index is 12.6. The van der Waals surface area contributed by atoms with E-state index in [9.17, 15) is 22.8 Å². The number of fused-ring (bicyclic) bond motifs is 1. The van der Waals surface area contributed by atoms with Gasteiger partial charge in [0.2, 0.25) is 12.7 Å². The van der Waals surface area contributed by atoms with Gasteiger partial charge in [0.25, 0.3) is 0 Å². The van der Waals surface area contributed by atoms with Gasteiger partial charge in [0.1, 0.15) is 6.04 Å². The Balaban J connectivity index is 1.71. The number of halogens is 3. The van der Waals surface area contributed by atoms with Gasteiger partial charge in [-0.2, -0.15) is 13.2 Å². The largest absolute Gasteiger partial charge is 0.471 e. The quantitative estimate of drug-likeness (QED) is 0.899. The van der Waals surface area contributed by atoms with Crippen LogP contribution in [0.4, 0.5) is 18.9 Å². The summed E-state index contributed by atoms with van der Waals surface area (Å²) in [7, 11) is 0. The van der Waals surface area contributed by atoms with Crippen molar-refractivity contribution >= 4 is 17.5 Å². The molecule has 1 N–H and O–H groups in total. The third-order valence-corrected chi connectivity index (χ3v) is 3.70. The van der Waals surface area contributed by atoms with Gasteiger partial charge in [-0.3, -0.25) is 9.59 Å². The van der Waals surface area contributed by atoms with Crippen LogP contribution in [0.3, 0.4) is 0 Å². The molecule has 0 aliphatic carbocycles. The smallest absolute Gasteiger partial charge is 0.454 e. The summed E-state index contributed by atoms with van der Waals surface area (Å²) in [6.45, 7) is -0.0131. The Morgan fingerprint density at radius 3 is 2.70 bits per heavy atom. The topological polar surface area (TPSA) is 67.9 Å². The van der Waals surface area contributed by atoms with Crippen LogP contribution in [0.25, 0.3) is 0 Å². The Morgan fingerprint density at radius 1 is 1.22 bits per heavy atom. The molecule has 2 heterocycles. The normalized spacial score (nSPS) is 19.8. The summed E-state index contributed by atoms with van der Waals surface area (Å²) in [6, 6.07) is 3.53. The van der Waals surface area contributed by atoms with Gasteiger partial charge in [0.05, 0.1) is 0 Å². The van der Waals surface area contributed by atoms with Crippen LogP contribution in [0.1, 0.15) is 12.8 Å². The zero-order valence-corrected chi connectivity index (χ0v) is 11.9. The van der Waals surface area contributed by atoms with Crippen LogP contribution < -0.4 is 14.8 Å². The Morgan fingerprint density at radius 2 is 1.96 bits per heavy atom. The molecule has 9 heteroatoms. The number of nitrogens with one attached hydrogen (secondary N) is 1. The van der Waals surface area contributed by atoms with Crippen LogP contribution in [0.2, 0.25) is 0 Å². The summed E-state index contributed by atoms with van der Waals surface area (Å²) in [4.78, 5) is 24.2. The number of amides is 2. The summed E-state index contributed by atoms with van der Waals surface area (Å²) in [6.07, 6.45) is -4.44. The van der Waals surface area contributed by atoms with Gasteiger partial charge in [0, 0.05) is 18.3 Å². The van der Waals surface area contributed by atoms with Crippen molar-refractivity contribution in [1.29, 1.82) is 0 Å². The summed E-state index contributed by atoms with van der Waals surface area (Å²) in [5.74, 6) is -1.67. The lowest BCUT2D eigenvalue weighted by molar-refractivity contribution is -0.186. The number of carbonyl (C=O) groups excluding carboxylic acids is 2. The van der Waals surface area contributed by atoms with Crippen molar-refractivity contribution in [1.82, 2.24) is 4.90 Å². The van der Waals surface area contributed by atoms with E-state index in [0.29, 0.717) is 28.5 Å². The maximum Gasteiger partial charge on any atom is 0.471 e. The fraction of sp³-hybridized carbons (Fsp3) is 0.429. The average molecular weight is 330 g/mol. The van der Waals surface area contributed by atoms with Gasteiger partial charge in [-0.1, -0.05) is 0 Å². The molecule has 1 atom stereocenters. The first kappa shape index (κ1) is 15.4. The number of nitrogens with zero attached hydrogens (tertiary/aromatic N) is 1. The zero-order valence-electron chi connectivity index (χ0n) is 11.9. The second kappa shape index (κ2) is 5.64. The van der Waals surface area contributed by atoms with E-state index in [0.717, 1.165) is 0 Å². The number of likely N-dealkylation sites (tertiary alicyclic amines) is 1. The fourth-order valence-corrected chi connectivity index (χ4v) is 2.65. The Hall–Kier alpha value is -2.45. The number of ether oxygens (including phenoxy) is 2. The van der Waals surface area contributed by atoms with Crippen LogP contribution in [-0.2, 0) is 9.59 Å². The van der Waals surface area contributed by atoms with Gasteiger partial charge in [0.15, 0.2) is 11.5 Å². The summed E-state index contributed by atoms with van der Waals surface area (Å²) >= 11 is 0. The minimum atomic E-state index is -4.98. The average Bonchev–Trinajstić information content (AvgIpc) is 3.13. The molecule has 0 spiro atoms. The predicted octanol–water partition coefficient (Wildman–Crippen LogP) is 1.91. The standard InChI is InChI=1S/C14H13F3N2O4/c15-14(16,17)13(21)19-5-1-2-9(19)12(20)18-8-3-4-10-11(6-8)23-7-22-10/h3-4,6,9H,1-2,5,7H2,(H,18,20). The maximum absolute atomic E-state index is 12.6. The number of alkyl halides is 3. The SMILES string of the molecule is O=C(Nc1ccc2c(c1)OCO2)C1CCCN1C(=O)C(F)(F)F. The van der Waals surface area contributed by atoms with Crippen LogP contribution in [0, 0.1) is 0 Å². The molecule has 1 fully saturated rings. The Bertz CT molecular complexity index is 647. The molecule has 1 aromatic rings. The van der Waals surface area contributed by atoms with Crippen LogP contribution in [0.15, 0.2) is 18.2 Å². The lowest BCUT2D eigenvalue weighted by atomic mass is 10.2. The van der Waals surface area contributed by atoms with E-state index in [1.165, 1.54) is 6.07 Å². The van der Waals surface area contributed by atoms with Crippen molar-refractivity contribution in [2.45, 2.75) is 25.1 Å². The second-order valence-corrected chi connectivity index (χ2v) is 5.21. The van der Waals surface area contributed by atoms with Crippen molar-refractivity contribution < 1.29 is 32.2 Å². The number of anilines is 1. The molecule has 0 saturated carbocycles. The molecule has 1 aromatic carbocycles. The van der Waals surface area contributed by atoms with Crippen molar-refractivity contribution in [2.75, 3.05) is 18.7 Å². The zero-order chi connectivity index (χ0) is 16.6. The molecule has 0 radical (unpaired) electrons. The van der Waals surface area contributed by atoms with Gasteiger partial charge in [-0.05, 0) is 25.0 Å². The van der Waals surface area contributed by atoms with E-state index in [4.69, 9.17) is 9.47 Å². The molecule has 2 amide bonds. The van der Waals surface area contributed by atoms with E-state index in [1.807, 2.05) is 0 Å². The first-order chi connectivity index (χ1) is 10.9. The molecule has 124 valence electrons. The van der Waals surface area contributed by atoms with Gasteiger partial charge >= 0.3 is 12.1 Å². The third kappa shape index (κ3) is 3.03. The minimum Gasteiger partial charge on any atom is -0.454 e. The second-order valence-electron chi connectivity index (χ2n) is 5.21. The lowest BCUT2D eigenvalue weighted by Gasteiger charge is -2.24. The van der Waals surface area contributed by atoms with Gasteiger partial charge in [-0.25, -0.2) is 0 Å². The molecule has 3 rings (SSSR count). The highest BCUT2D eigenvalue weighted by Crippen LogP contribution is 2.34. The van der Waals surface area contributed by atoms with E-state index in [1.54, 1.807) is 12.1 Å². The molecular formula is C14H13F3N2O4. The fourth-order valence-electron chi connectivity index (χ4n) is 2.65. The van der Waals surface area contributed by atoms with Crippen LogP contribution in [0.5, 0.6) is 11.5 Å². The number of carbonyl (C=O) groups is 2. The third-order valence-electron chi connectivity index (χ3n) is 3.70.